The number of aliphatic hydroxyl groups is 7. The van der Waals surface area contributed by atoms with Crippen LogP contribution < -0.4 is 0 Å². The third-order valence-electron chi connectivity index (χ3n) is 12.0. The molecule has 0 amide bonds. The fourth-order valence-corrected chi connectivity index (χ4v) is 7.84. The number of esters is 1. The summed E-state index contributed by atoms with van der Waals surface area (Å²) in [6.07, 6.45) is 31.6. The van der Waals surface area contributed by atoms with Gasteiger partial charge in [-0.2, -0.15) is 0 Å². The Morgan fingerprint density at radius 1 is 0.507 bits per heavy atom. The molecule has 67 heavy (non-hydrogen) atoms. The second-order valence-electron chi connectivity index (χ2n) is 18.0. The minimum atomic E-state index is -1.71. The standard InChI is InChI=1S/C53H92O14/c1-3-5-7-9-11-13-14-15-16-17-18-19-20-21-22-23-24-25-26-27-29-31-33-35-37-62-39-42(65-45(55)36-34-32-30-28-12-10-8-6-4-2)40-63-52-51(61)49(59)47(57)44(67-52)41-64-53-50(60)48(58)46(56)43(38-54)66-53/h5,7,11,13,15-16,18-19,21-22,42-44,46-54,56-61H,3-4,6,8-10,12,14,17,20,23-41H2,1-2H3/b7-5-,13-11-,16-15-,19-18-,22-21-. The minimum Gasteiger partial charge on any atom is -0.457 e. The summed E-state index contributed by atoms with van der Waals surface area (Å²) >= 11 is 0. The average molecular weight is 953 g/mol. The molecule has 0 aromatic heterocycles. The maximum absolute atomic E-state index is 12.9. The molecule has 7 N–H and O–H groups in total. The summed E-state index contributed by atoms with van der Waals surface area (Å²) in [5.74, 6) is -0.385. The third-order valence-corrected chi connectivity index (χ3v) is 12.0. The number of unbranched alkanes of at least 4 members (excludes halogenated alkanes) is 16. The molecule has 2 fully saturated rings. The van der Waals surface area contributed by atoms with Gasteiger partial charge in [0.05, 0.1) is 26.4 Å². The Morgan fingerprint density at radius 2 is 0.970 bits per heavy atom. The maximum atomic E-state index is 12.9. The molecule has 0 aromatic carbocycles. The molecule has 0 saturated carbocycles. The van der Waals surface area contributed by atoms with E-state index in [1.54, 1.807) is 0 Å². The summed E-state index contributed by atoms with van der Waals surface area (Å²) in [4.78, 5) is 12.9. The quantitative estimate of drug-likeness (QED) is 0.0178. The summed E-state index contributed by atoms with van der Waals surface area (Å²) in [6, 6.07) is 0. The lowest BCUT2D eigenvalue weighted by Crippen LogP contribution is -2.61. The zero-order valence-corrected chi connectivity index (χ0v) is 41.1. The van der Waals surface area contributed by atoms with Crippen molar-refractivity contribution in [3.8, 4) is 0 Å². The molecular weight excluding hydrogens is 861 g/mol. The van der Waals surface area contributed by atoms with E-state index in [0.29, 0.717) is 13.0 Å². The van der Waals surface area contributed by atoms with Crippen LogP contribution in [0, 0.1) is 0 Å². The van der Waals surface area contributed by atoms with Crippen LogP contribution in [0.1, 0.15) is 168 Å². The van der Waals surface area contributed by atoms with E-state index in [-0.39, 0.29) is 25.6 Å². The first-order chi connectivity index (χ1) is 32.6. The highest BCUT2D eigenvalue weighted by atomic mass is 16.7. The van der Waals surface area contributed by atoms with Crippen molar-refractivity contribution >= 4 is 5.97 Å². The number of hydrogen-bond donors (Lipinski definition) is 7. The van der Waals surface area contributed by atoms with E-state index in [0.717, 1.165) is 77.0 Å². The van der Waals surface area contributed by atoms with Crippen molar-refractivity contribution in [3.05, 3.63) is 60.8 Å². The van der Waals surface area contributed by atoms with Crippen LogP contribution in [0.5, 0.6) is 0 Å². The minimum absolute atomic E-state index is 0.0546. The van der Waals surface area contributed by atoms with Crippen LogP contribution in [0.3, 0.4) is 0 Å². The van der Waals surface area contributed by atoms with Gasteiger partial charge in [-0.3, -0.25) is 4.79 Å². The molecule has 2 aliphatic heterocycles. The molecule has 11 unspecified atom stereocenters. The van der Waals surface area contributed by atoms with Crippen molar-refractivity contribution in [2.75, 3.05) is 33.0 Å². The average Bonchev–Trinajstić information content (AvgIpc) is 3.32. The SMILES string of the molecule is CC/C=C\C/C=C\C/C=C\C/C=C\C/C=C\CCCCCCCCCCOCC(COC1OC(COC2OC(CO)C(O)C(O)C2O)C(O)C(O)C1O)OC(=O)CCCCCCCCCCC. The first-order valence-corrected chi connectivity index (χ1v) is 25.9. The van der Waals surface area contributed by atoms with Crippen LogP contribution in [-0.4, -0.2) is 142 Å². The van der Waals surface area contributed by atoms with E-state index in [4.69, 9.17) is 28.4 Å². The van der Waals surface area contributed by atoms with Gasteiger partial charge in [0.2, 0.25) is 0 Å². The Balaban J connectivity index is 1.70. The van der Waals surface area contributed by atoms with Crippen LogP contribution >= 0.6 is 0 Å². The van der Waals surface area contributed by atoms with Gasteiger partial charge < -0.3 is 64.2 Å². The van der Waals surface area contributed by atoms with Gasteiger partial charge in [-0.25, -0.2) is 0 Å². The van der Waals surface area contributed by atoms with Crippen molar-refractivity contribution < 1.29 is 69.0 Å². The number of rotatable bonds is 40. The van der Waals surface area contributed by atoms with Crippen LogP contribution in [0.2, 0.25) is 0 Å². The van der Waals surface area contributed by atoms with Crippen molar-refractivity contribution in [2.45, 2.75) is 235 Å². The van der Waals surface area contributed by atoms with Crippen LogP contribution in [0.25, 0.3) is 0 Å². The van der Waals surface area contributed by atoms with Gasteiger partial charge in [-0.1, -0.05) is 164 Å². The van der Waals surface area contributed by atoms with Gasteiger partial charge >= 0.3 is 5.97 Å². The number of allylic oxidation sites excluding steroid dienone is 10. The highest BCUT2D eigenvalue weighted by molar-refractivity contribution is 5.69. The predicted octanol–water partition coefficient (Wildman–Crippen LogP) is 7.74. The molecule has 0 bridgehead atoms. The highest BCUT2D eigenvalue weighted by Crippen LogP contribution is 2.26. The van der Waals surface area contributed by atoms with Crippen molar-refractivity contribution in [2.24, 2.45) is 0 Å². The lowest BCUT2D eigenvalue weighted by atomic mass is 9.98. The first kappa shape index (κ1) is 60.8. The molecule has 14 nitrogen and oxygen atoms in total. The fraction of sp³-hybridized carbons (Fsp3) is 0.792. The number of hydrogen-bond acceptors (Lipinski definition) is 14. The molecule has 0 aromatic rings. The van der Waals surface area contributed by atoms with E-state index in [9.17, 15) is 40.5 Å². The lowest BCUT2D eigenvalue weighted by Gasteiger charge is -2.42. The topological polar surface area (TPSA) is 214 Å². The second kappa shape index (κ2) is 40.4. The summed E-state index contributed by atoms with van der Waals surface area (Å²) in [5.41, 5.74) is 0. The van der Waals surface area contributed by atoms with Gasteiger partial charge in [-0.15, -0.1) is 0 Å². The van der Waals surface area contributed by atoms with Crippen molar-refractivity contribution in [1.29, 1.82) is 0 Å². The third kappa shape index (κ3) is 28.2. The molecule has 2 saturated heterocycles. The number of ether oxygens (including phenoxy) is 6. The molecule has 0 aliphatic carbocycles. The van der Waals surface area contributed by atoms with Gasteiger partial charge in [0.1, 0.15) is 54.9 Å². The summed E-state index contributed by atoms with van der Waals surface area (Å²) in [6.45, 7) is 3.52. The summed E-state index contributed by atoms with van der Waals surface area (Å²) in [5, 5.41) is 72.0. The van der Waals surface area contributed by atoms with Gasteiger partial charge in [0.15, 0.2) is 12.6 Å². The second-order valence-corrected chi connectivity index (χ2v) is 18.0. The molecule has 2 aliphatic rings. The fourth-order valence-electron chi connectivity index (χ4n) is 7.84. The van der Waals surface area contributed by atoms with Crippen molar-refractivity contribution in [1.82, 2.24) is 0 Å². The number of aliphatic hydroxyl groups excluding tert-OH is 7. The zero-order valence-electron chi connectivity index (χ0n) is 41.1. The first-order valence-electron chi connectivity index (χ1n) is 25.9. The maximum Gasteiger partial charge on any atom is 0.306 e. The number of carbonyl (C=O) groups excluding carboxylic acids is 1. The Hall–Kier alpha value is -2.31. The summed E-state index contributed by atoms with van der Waals surface area (Å²) in [7, 11) is 0. The lowest BCUT2D eigenvalue weighted by molar-refractivity contribution is -0.332. The van der Waals surface area contributed by atoms with E-state index in [2.05, 4.69) is 74.6 Å². The largest absolute Gasteiger partial charge is 0.457 e. The molecule has 0 spiro atoms. The smallest absolute Gasteiger partial charge is 0.306 e. The zero-order chi connectivity index (χ0) is 48.7. The van der Waals surface area contributed by atoms with Gasteiger partial charge in [-0.05, 0) is 57.8 Å². The molecule has 388 valence electrons. The number of carbonyl (C=O) groups is 1. The van der Waals surface area contributed by atoms with E-state index < -0.39 is 80.7 Å². The molecule has 2 rings (SSSR count). The molecule has 11 atom stereocenters. The van der Waals surface area contributed by atoms with E-state index >= 15 is 0 Å². The van der Waals surface area contributed by atoms with E-state index in [1.807, 2.05) is 0 Å². The normalized spacial score (nSPS) is 26.6. The van der Waals surface area contributed by atoms with Crippen LogP contribution in [0.15, 0.2) is 60.8 Å². The molecule has 0 radical (unpaired) electrons. The molecular formula is C53H92O14. The van der Waals surface area contributed by atoms with Crippen LogP contribution in [0.4, 0.5) is 0 Å². The Bertz CT molecular complexity index is 1340. The van der Waals surface area contributed by atoms with Gasteiger partial charge in [0, 0.05) is 13.0 Å². The Morgan fingerprint density at radius 3 is 1.52 bits per heavy atom. The van der Waals surface area contributed by atoms with Crippen LogP contribution in [-0.2, 0) is 33.2 Å². The Kier molecular flexibility index (Phi) is 36.7. The highest BCUT2D eigenvalue weighted by Gasteiger charge is 2.47. The molecule has 2 heterocycles. The summed E-state index contributed by atoms with van der Waals surface area (Å²) < 4.78 is 34.2. The van der Waals surface area contributed by atoms with E-state index in [1.165, 1.54) is 64.2 Å². The van der Waals surface area contributed by atoms with Gasteiger partial charge in [0.25, 0.3) is 0 Å². The molecule has 14 heteroatoms. The predicted molar refractivity (Wildman–Crippen MR) is 261 cm³/mol. The monoisotopic (exact) mass is 953 g/mol. The Labute approximate surface area is 403 Å². The van der Waals surface area contributed by atoms with Crippen molar-refractivity contribution in [3.63, 3.8) is 0 Å².